The second-order valence-electron chi connectivity index (χ2n) is 4.44. The molecule has 0 atom stereocenters. The lowest BCUT2D eigenvalue weighted by molar-refractivity contribution is -0.392. The van der Waals surface area contributed by atoms with Crippen molar-refractivity contribution in [2.75, 3.05) is 18.0 Å². The first-order chi connectivity index (χ1) is 9.41. The molecular formula is C11H12N4O5. The Bertz CT molecular complexity index is 559. The van der Waals surface area contributed by atoms with Gasteiger partial charge in [0.25, 0.3) is 11.4 Å². The summed E-state index contributed by atoms with van der Waals surface area (Å²) in [6, 6.07) is 1.98. The number of amides is 1. The van der Waals surface area contributed by atoms with Gasteiger partial charge < -0.3 is 10.6 Å². The quantitative estimate of drug-likeness (QED) is 0.650. The molecule has 0 radical (unpaired) electrons. The van der Waals surface area contributed by atoms with Gasteiger partial charge in [0.05, 0.1) is 15.4 Å². The lowest BCUT2D eigenvalue weighted by Crippen LogP contribution is -2.21. The molecule has 0 bridgehead atoms. The highest BCUT2D eigenvalue weighted by Crippen LogP contribution is 2.40. The largest absolute Gasteiger partial charge is 0.366 e. The number of benzene rings is 1. The molecule has 20 heavy (non-hydrogen) atoms. The van der Waals surface area contributed by atoms with Crippen LogP contribution in [0.15, 0.2) is 12.1 Å². The van der Waals surface area contributed by atoms with Crippen molar-refractivity contribution in [2.24, 2.45) is 5.73 Å². The van der Waals surface area contributed by atoms with Crippen molar-refractivity contribution in [3.63, 3.8) is 0 Å². The Balaban J connectivity index is 2.70. The maximum Gasteiger partial charge on any atom is 0.300 e. The summed E-state index contributed by atoms with van der Waals surface area (Å²) < 4.78 is 0. The summed E-state index contributed by atoms with van der Waals surface area (Å²) in [5.41, 5.74) is 3.83. The van der Waals surface area contributed by atoms with Crippen molar-refractivity contribution in [2.45, 2.75) is 12.8 Å². The van der Waals surface area contributed by atoms with E-state index in [0.29, 0.717) is 13.1 Å². The third-order valence-electron chi connectivity index (χ3n) is 3.17. The van der Waals surface area contributed by atoms with Gasteiger partial charge in [-0.05, 0) is 12.8 Å². The van der Waals surface area contributed by atoms with E-state index >= 15 is 0 Å². The fraction of sp³-hybridized carbons (Fsp3) is 0.364. The summed E-state index contributed by atoms with van der Waals surface area (Å²) in [7, 11) is 0. The number of primary amides is 1. The van der Waals surface area contributed by atoms with E-state index in [1.165, 1.54) is 0 Å². The minimum absolute atomic E-state index is 0.0532. The number of carbonyl (C=O) groups excluding carboxylic acids is 1. The molecule has 0 unspecified atom stereocenters. The topological polar surface area (TPSA) is 133 Å². The molecule has 0 spiro atoms. The van der Waals surface area contributed by atoms with Crippen molar-refractivity contribution in [1.29, 1.82) is 0 Å². The molecule has 0 aromatic heterocycles. The van der Waals surface area contributed by atoms with Gasteiger partial charge in [-0.2, -0.15) is 0 Å². The van der Waals surface area contributed by atoms with Crippen LogP contribution >= 0.6 is 0 Å². The van der Waals surface area contributed by atoms with E-state index < -0.39 is 27.1 Å². The highest BCUT2D eigenvalue weighted by Gasteiger charge is 2.33. The van der Waals surface area contributed by atoms with Crippen LogP contribution in [0.3, 0.4) is 0 Å². The van der Waals surface area contributed by atoms with Crippen LogP contribution in [0.2, 0.25) is 0 Å². The Morgan fingerprint density at radius 1 is 1.10 bits per heavy atom. The lowest BCUT2D eigenvalue weighted by Gasteiger charge is -2.17. The van der Waals surface area contributed by atoms with Crippen LogP contribution in [0.25, 0.3) is 0 Å². The molecule has 1 amide bonds. The summed E-state index contributed by atoms with van der Waals surface area (Å²) in [6.45, 7) is 1.02. The van der Waals surface area contributed by atoms with Gasteiger partial charge in [0.1, 0.15) is 0 Å². The van der Waals surface area contributed by atoms with E-state index in [2.05, 4.69) is 0 Å². The van der Waals surface area contributed by atoms with Crippen LogP contribution in [-0.2, 0) is 0 Å². The number of nitrogens with two attached hydrogens (primary N) is 1. The summed E-state index contributed by atoms with van der Waals surface area (Å²) in [5.74, 6) is -0.941. The van der Waals surface area contributed by atoms with Crippen molar-refractivity contribution in [1.82, 2.24) is 0 Å². The molecule has 1 aliphatic heterocycles. The zero-order chi connectivity index (χ0) is 14.9. The highest BCUT2D eigenvalue weighted by molar-refractivity contribution is 5.96. The fourth-order valence-corrected chi connectivity index (χ4v) is 2.29. The number of nitrogens with zero attached hydrogens (tertiary/aromatic N) is 3. The average molecular weight is 280 g/mol. The normalized spacial score (nSPS) is 14.3. The Labute approximate surface area is 113 Å². The molecule has 9 heteroatoms. The summed E-state index contributed by atoms with van der Waals surface area (Å²) in [4.78, 5) is 33.6. The summed E-state index contributed by atoms with van der Waals surface area (Å²) >= 11 is 0. The van der Waals surface area contributed by atoms with Crippen molar-refractivity contribution < 1.29 is 14.6 Å². The third-order valence-corrected chi connectivity index (χ3v) is 3.17. The molecule has 0 saturated carbocycles. The summed E-state index contributed by atoms with van der Waals surface area (Å²) in [5, 5.41) is 22.3. The summed E-state index contributed by atoms with van der Waals surface area (Å²) in [6.07, 6.45) is 1.62. The SMILES string of the molecule is NC(=O)c1cc([N+](=O)[O-])c(N2CCCC2)c([N+](=O)[O-])c1. The van der Waals surface area contributed by atoms with Gasteiger partial charge in [-0.15, -0.1) is 0 Å². The van der Waals surface area contributed by atoms with Crippen LogP contribution in [0.1, 0.15) is 23.2 Å². The van der Waals surface area contributed by atoms with Gasteiger partial charge in [0, 0.05) is 25.2 Å². The van der Waals surface area contributed by atoms with E-state index in [0.717, 1.165) is 25.0 Å². The van der Waals surface area contributed by atoms with Crippen molar-refractivity contribution in [3.8, 4) is 0 Å². The molecule has 1 saturated heterocycles. The van der Waals surface area contributed by atoms with E-state index in [9.17, 15) is 25.0 Å². The number of anilines is 1. The zero-order valence-electron chi connectivity index (χ0n) is 10.4. The van der Waals surface area contributed by atoms with E-state index in [1.54, 1.807) is 4.90 Å². The van der Waals surface area contributed by atoms with Crippen LogP contribution < -0.4 is 10.6 Å². The number of nitro groups is 2. The second-order valence-corrected chi connectivity index (χ2v) is 4.44. The van der Waals surface area contributed by atoms with E-state index in [1.807, 2.05) is 0 Å². The van der Waals surface area contributed by atoms with Crippen LogP contribution in [0.4, 0.5) is 17.1 Å². The Hall–Kier alpha value is -2.71. The first-order valence-corrected chi connectivity index (χ1v) is 5.93. The number of nitro benzene ring substituents is 2. The second kappa shape index (κ2) is 5.11. The molecular weight excluding hydrogens is 268 g/mol. The molecule has 0 aliphatic carbocycles. The van der Waals surface area contributed by atoms with Crippen molar-refractivity contribution >= 4 is 23.0 Å². The van der Waals surface area contributed by atoms with Gasteiger partial charge in [-0.1, -0.05) is 0 Å². The third kappa shape index (κ3) is 2.37. The molecule has 1 fully saturated rings. The molecule has 1 aromatic carbocycles. The molecule has 1 aliphatic rings. The molecule has 1 aromatic rings. The van der Waals surface area contributed by atoms with Crippen molar-refractivity contribution in [3.05, 3.63) is 37.9 Å². The number of hydrogen-bond acceptors (Lipinski definition) is 6. The molecule has 106 valence electrons. The van der Waals surface area contributed by atoms with Gasteiger partial charge >= 0.3 is 0 Å². The smallest absolute Gasteiger partial charge is 0.300 e. The van der Waals surface area contributed by atoms with Crippen LogP contribution in [0.5, 0.6) is 0 Å². The van der Waals surface area contributed by atoms with E-state index in [4.69, 9.17) is 5.73 Å². The standard InChI is InChI=1S/C11H12N4O5/c12-11(16)7-5-8(14(17)18)10(9(6-7)15(19)20)13-3-1-2-4-13/h5-6H,1-4H2,(H2,12,16). The molecule has 2 rings (SSSR count). The Morgan fingerprint density at radius 2 is 1.55 bits per heavy atom. The molecule has 1 heterocycles. The molecule has 9 nitrogen and oxygen atoms in total. The van der Waals surface area contributed by atoms with Gasteiger partial charge in [-0.25, -0.2) is 0 Å². The average Bonchev–Trinajstić information content (AvgIpc) is 2.90. The minimum atomic E-state index is -0.941. The first-order valence-electron chi connectivity index (χ1n) is 5.93. The fourth-order valence-electron chi connectivity index (χ4n) is 2.29. The van der Waals surface area contributed by atoms with Crippen LogP contribution in [0, 0.1) is 20.2 Å². The number of hydrogen-bond donors (Lipinski definition) is 1. The van der Waals surface area contributed by atoms with Gasteiger partial charge in [-0.3, -0.25) is 25.0 Å². The Kier molecular flexibility index (Phi) is 3.51. The molecule has 2 N–H and O–H groups in total. The first kappa shape index (κ1) is 13.7. The number of rotatable bonds is 4. The van der Waals surface area contributed by atoms with E-state index in [-0.39, 0.29) is 11.3 Å². The zero-order valence-corrected chi connectivity index (χ0v) is 10.4. The number of carbonyl (C=O) groups is 1. The highest BCUT2D eigenvalue weighted by atomic mass is 16.6. The predicted octanol–water partition coefficient (Wildman–Crippen LogP) is 1.20. The van der Waals surface area contributed by atoms with Gasteiger partial charge in [0.15, 0.2) is 5.69 Å². The Morgan fingerprint density at radius 3 is 1.90 bits per heavy atom. The predicted molar refractivity (Wildman–Crippen MR) is 69.7 cm³/mol. The lowest BCUT2D eigenvalue weighted by atomic mass is 10.1. The maximum atomic E-state index is 11.1. The van der Waals surface area contributed by atoms with Crippen LogP contribution in [-0.4, -0.2) is 28.8 Å². The maximum absolute atomic E-state index is 11.1. The minimum Gasteiger partial charge on any atom is -0.366 e. The van der Waals surface area contributed by atoms with Gasteiger partial charge in [0.2, 0.25) is 5.91 Å². The monoisotopic (exact) mass is 280 g/mol.